The first-order valence-electron chi connectivity index (χ1n) is 1.95. The molecule has 1 heterocycles. The summed E-state index contributed by atoms with van der Waals surface area (Å²) >= 11 is 1.43. The van der Waals surface area contributed by atoms with Crippen LogP contribution in [-0.2, 0) is 4.79 Å². The van der Waals surface area contributed by atoms with Crippen molar-refractivity contribution in [2.75, 3.05) is 6.54 Å². The maximum absolute atomic E-state index is 9.78. The lowest BCUT2D eigenvalue weighted by Crippen LogP contribution is -2.01. The number of hydrogen-bond donors (Lipinski definition) is 0. The number of rotatable bonds is 1. The van der Waals surface area contributed by atoms with Gasteiger partial charge in [0.15, 0.2) is 0 Å². The van der Waals surface area contributed by atoms with E-state index in [1.54, 1.807) is 5.55 Å². The molecule has 0 N–H and O–H groups in total. The number of thioether (sulfide) groups is 1. The monoisotopic (exact) mass is 114 g/mol. The highest BCUT2D eigenvalue weighted by molar-refractivity contribution is 8.13. The molecule has 1 unspecified atom stereocenters. The van der Waals surface area contributed by atoms with Crippen LogP contribution in [-0.4, -0.2) is 23.6 Å². The standard InChI is InChI=1S/C4H4NOS/c6-2-4-1-5-3-7-4/h3-4H,1H2. The molecule has 0 aliphatic carbocycles. The molecule has 1 aliphatic rings. The van der Waals surface area contributed by atoms with E-state index in [0.29, 0.717) is 6.54 Å². The zero-order chi connectivity index (χ0) is 5.11. The van der Waals surface area contributed by atoms with Crippen molar-refractivity contribution in [3.63, 3.8) is 0 Å². The Morgan fingerprint density at radius 3 is 3.14 bits per heavy atom. The molecule has 0 saturated carbocycles. The van der Waals surface area contributed by atoms with Gasteiger partial charge in [0.2, 0.25) is 6.29 Å². The van der Waals surface area contributed by atoms with Crippen molar-refractivity contribution < 1.29 is 4.79 Å². The Kier molecular flexibility index (Phi) is 1.46. The lowest BCUT2D eigenvalue weighted by Gasteiger charge is -1.87. The molecule has 0 aromatic rings. The summed E-state index contributed by atoms with van der Waals surface area (Å²) in [4.78, 5) is 13.6. The Hall–Kier alpha value is -0.310. The van der Waals surface area contributed by atoms with Crippen molar-refractivity contribution in [3.05, 3.63) is 0 Å². The lowest BCUT2D eigenvalue weighted by atomic mass is 10.5. The summed E-state index contributed by atoms with van der Waals surface area (Å²) in [5.74, 6) is 0. The fraction of sp³-hybridized carbons (Fsp3) is 0.500. The Balaban J connectivity index is 2.35. The third-order valence-corrected chi connectivity index (χ3v) is 1.55. The van der Waals surface area contributed by atoms with Gasteiger partial charge in [0.05, 0.1) is 17.3 Å². The first kappa shape index (κ1) is 4.84. The molecule has 1 aliphatic heterocycles. The molecule has 0 aromatic heterocycles. The highest BCUT2D eigenvalue weighted by atomic mass is 32.2. The number of carbonyl (C=O) groups excluding carboxylic acids is 1. The van der Waals surface area contributed by atoms with Gasteiger partial charge in [-0.3, -0.25) is 9.79 Å². The molecule has 3 heteroatoms. The van der Waals surface area contributed by atoms with Gasteiger partial charge in [-0.1, -0.05) is 0 Å². The zero-order valence-electron chi connectivity index (χ0n) is 3.63. The van der Waals surface area contributed by atoms with Crippen LogP contribution in [0.5, 0.6) is 0 Å². The number of nitrogens with zero attached hydrogens (tertiary/aromatic N) is 1. The van der Waals surface area contributed by atoms with E-state index in [0.717, 1.165) is 0 Å². The molecule has 7 heavy (non-hydrogen) atoms. The smallest absolute Gasteiger partial charge is 0.214 e. The van der Waals surface area contributed by atoms with E-state index in [1.807, 2.05) is 6.29 Å². The average molecular weight is 114 g/mol. The quantitative estimate of drug-likeness (QED) is 0.488. The van der Waals surface area contributed by atoms with Crippen LogP contribution in [0.4, 0.5) is 0 Å². The minimum atomic E-state index is -0.0139. The second-order valence-electron chi connectivity index (χ2n) is 1.21. The van der Waals surface area contributed by atoms with Crippen LogP contribution < -0.4 is 0 Å². The first-order chi connectivity index (χ1) is 3.43. The third kappa shape index (κ3) is 1.03. The maximum Gasteiger partial charge on any atom is 0.214 e. The average Bonchev–Trinajstić information content (AvgIpc) is 2.14. The van der Waals surface area contributed by atoms with Gasteiger partial charge in [-0.2, -0.15) is 0 Å². The van der Waals surface area contributed by atoms with E-state index in [-0.39, 0.29) is 5.25 Å². The summed E-state index contributed by atoms with van der Waals surface area (Å²) in [5, 5.41) is -0.0139. The van der Waals surface area contributed by atoms with E-state index in [2.05, 4.69) is 4.99 Å². The Morgan fingerprint density at radius 2 is 2.86 bits per heavy atom. The fourth-order valence-corrected chi connectivity index (χ4v) is 0.910. The van der Waals surface area contributed by atoms with Crippen LogP contribution in [0, 0.1) is 0 Å². The van der Waals surface area contributed by atoms with Crippen LogP contribution in [0.2, 0.25) is 0 Å². The van der Waals surface area contributed by atoms with Crippen molar-refractivity contribution in [2.45, 2.75) is 5.25 Å². The molecule has 0 aromatic carbocycles. The molecule has 0 amide bonds. The first-order valence-corrected chi connectivity index (χ1v) is 2.89. The van der Waals surface area contributed by atoms with Gasteiger partial charge in [-0.25, -0.2) is 0 Å². The van der Waals surface area contributed by atoms with E-state index >= 15 is 0 Å². The van der Waals surface area contributed by atoms with Gasteiger partial charge < -0.3 is 0 Å². The highest BCUT2D eigenvalue weighted by Gasteiger charge is 2.09. The molecule has 37 valence electrons. The van der Waals surface area contributed by atoms with Crippen molar-refractivity contribution in [1.82, 2.24) is 0 Å². The van der Waals surface area contributed by atoms with Crippen LogP contribution >= 0.6 is 11.8 Å². The Bertz CT molecular complexity index is 93.9. The van der Waals surface area contributed by atoms with Crippen LogP contribution in [0.1, 0.15) is 0 Å². The largest absolute Gasteiger partial charge is 0.289 e. The summed E-state index contributed by atoms with van der Waals surface area (Å²) in [6, 6.07) is 0. The molecule has 1 atom stereocenters. The van der Waals surface area contributed by atoms with E-state index < -0.39 is 0 Å². The van der Waals surface area contributed by atoms with Gasteiger partial charge >= 0.3 is 0 Å². The normalized spacial score (nSPS) is 28.3. The van der Waals surface area contributed by atoms with Gasteiger partial charge in [0.25, 0.3) is 0 Å². The summed E-state index contributed by atoms with van der Waals surface area (Å²) in [6.45, 7) is 0.619. The predicted molar refractivity (Wildman–Crippen MR) is 30.4 cm³/mol. The number of aliphatic imine (C=N–C) groups is 1. The Labute approximate surface area is 46.0 Å². The molecule has 1 rings (SSSR count). The minimum Gasteiger partial charge on any atom is -0.289 e. The summed E-state index contributed by atoms with van der Waals surface area (Å²) in [5.41, 5.74) is 1.69. The summed E-state index contributed by atoms with van der Waals surface area (Å²) in [6.07, 6.45) is 1.85. The topological polar surface area (TPSA) is 29.4 Å². The van der Waals surface area contributed by atoms with E-state index in [4.69, 9.17) is 0 Å². The van der Waals surface area contributed by atoms with Crippen molar-refractivity contribution >= 4 is 23.6 Å². The maximum atomic E-state index is 9.78. The third-order valence-electron chi connectivity index (χ3n) is 0.702. The molecule has 0 bridgehead atoms. The molecule has 1 radical (unpaired) electrons. The molecule has 2 nitrogen and oxygen atoms in total. The fourth-order valence-electron chi connectivity index (χ4n) is 0.363. The van der Waals surface area contributed by atoms with E-state index in [9.17, 15) is 4.79 Å². The van der Waals surface area contributed by atoms with Crippen molar-refractivity contribution in [2.24, 2.45) is 4.99 Å². The van der Waals surface area contributed by atoms with E-state index in [1.165, 1.54) is 11.8 Å². The SMILES string of the molecule is O=[C]C1CN=CS1. The zero-order valence-corrected chi connectivity index (χ0v) is 4.44. The molecule has 0 saturated heterocycles. The molecular formula is C4H4NOS. The van der Waals surface area contributed by atoms with Gasteiger partial charge in [-0.05, 0) is 0 Å². The van der Waals surface area contributed by atoms with Gasteiger partial charge in [0.1, 0.15) is 0 Å². The van der Waals surface area contributed by atoms with Gasteiger partial charge in [-0.15, -0.1) is 11.8 Å². The molecular weight excluding hydrogens is 110 g/mol. The second kappa shape index (κ2) is 2.12. The van der Waals surface area contributed by atoms with Crippen LogP contribution in [0.15, 0.2) is 4.99 Å². The van der Waals surface area contributed by atoms with Crippen LogP contribution in [0.3, 0.4) is 0 Å². The van der Waals surface area contributed by atoms with Crippen molar-refractivity contribution in [3.8, 4) is 0 Å². The summed E-state index contributed by atoms with van der Waals surface area (Å²) in [7, 11) is 0. The van der Waals surface area contributed by atoms with Gasteiger partial charge in [0, 0.05) is 0 Å². The highest BCUT2D eigenvalue weighted by Crippen LogP contribution is 2.10. The minimum absolute atomic E-state index is 0.0139. The van der Waals surface area contributed by atoms with Crippen LogP contribution in [0.25, 0.3) is 0 Å². The molecule has 0 fully saturated rings. The Morgan fingerprint density at radius 1 is 2.00 bits per heavy atom. The number of hydrogen-bond acceptors (Lipinski definition) is 3. The summed E-state index contributed by atoms with van der Waals surface area (Å²) < 4.78 is 0. The second-order valence-corrected chi connectivity index (χ2v) is 2.27. The van der Waals surface area contributed by atoms with Crippen molar-refractivity contribution in [1.29, 1.82) is 0 Å². The predicted octanol–water partition coefficient (Wildman–Crippen LogP) is 0.240. The lowest BCUT2D eigenvalue weighted by molar-refractivity contribution is 0.554. The molecule has 0 spiro atoms.